The molecule has 1 aliphatic carbocycles. The summed E-state index contributed by atoms with van der Waals surface area (Å²) in [6.45, 7) is 2.19. The van der Waals surface area contributed by atoms with Crippen molar-refractivity contribution in [1.29, 1.82) is 0 Å². The summed E-state index contributed by atoms with van der Waals surface area (Å²) in [4.78, 5) is 12.2. The molecule has 1 amide bonds. The molecule has 4 heteroatoms. The molecule has 90 valence electrons. The van der Waals surface area contributed by atoms with Gasteiger partial charge in [-0.05, 0) is 30.9 Å². The van der Waals surface area contributed by atoms with Gasteiger partial charge in [0.05, 0.1) is 0 Å². The van der Waals surface area contributed by atoms with E-state index in [0.717, 1.165) is 24.3 Å². The maximum atomic E-state index is 11.9. The molecule has 1 fully saturated rings. The average Bonchev–Trinajstić information content (AvgIpc) is 2.27. The lowest BCUT2D eigenvalue weighted by Gasteiger charge is -2.33. The summed E-state index contributed by atoms with van der Waals surface area (Å²) < 4.78 is 0. The van der Waals surface area contributed by atoms with E-state index in [2.05, 4.69) is 12.2 Å². The van der Waals surface area contributed by atoms with E-state index in [4.69, 9.17) is 18.0 Å². The predicted octanol–water partition coefficient (Wildman–Crippen LogP) is 1.85. The number of benzene rings is 1. The molecule has 0 heterocycles. The Bertz CT molecular complexity index is 435. The van der Waals surface area contributed by atoms with Crippen LogP contribution in [0.3, 0.4) is 0 Å². The molecule has 1 aliphatic rings. The molecule has 0 unspecified atom stereocenters. The molecular weight excluding hydrogens is 232 g/mol. The van der Waals surface area contributed by atoms with Crippen LogP contribution in [0.1, 0.15) is 35.7 Å². The van der Waals surface area contributed by atoms with Gasteiger partial charge in [0.25, 0.3) is 5.91 Å². The lowest BCUT2D eigenvalue weighted by Crippen LogP contribution is -2.43. The lowest BCUT2D eigenvalue weighted by atomic mass is 9.82. The van der Waals surface area contributed by atoms with Crippen molar-refractivity contribution in [3.8, 4) is 0 Å². The maximum absolute atomic E-state index is 11.9. The van der Waals surface area contributed by atoms with Crippen LogP contribution in [0.5, 0.6) is 0 Å². The number of hydrogen-bond donors (Lipinski definition) is 2. The van der Waals surface area contributed by atoms with Crippen LogP contribution in [0, 0.1) is 5.92 Å². The maximum Gasteiger partial charge on any atom is 0.251 e. The van der Waals surface area contributed by atoms with E-state index in [-0.39, 0.29) is 5.91 Å². The zero-order valence-corrected chi connectivity index (χ0v) is 10.6. The standard InChI is InChI=1S/C13H16N2OS/c1-8-6-11(7-8)15-13(16)10-4-2-9(3-5-10)12(14)17/h2-5,8,11H,6-7H2,1H3,(H2,14,17)(H,15,16). The molecule has 0 aromatic heterocycles. The Labute approximate surface area is 106 Å². The molecule has 17 heavy (non-hydrogen) atoms. The minimum Gasteiger partial charge on any atom is -0.389 e. The van der Waals surface area contributed by atoms with E-state index in [0.29, 0.717) is 16.6 Å². The van der Waals surface area contributed by atoms with Gasteiger partial charge in [0.2, 0.25) is 0 Å². The molecule has 1 aromatic rings. The van der Waals surface area contributed by atoms with E-state index in [1.807, 2.05) is 0 Å². The van der Waals surface area contributed by atoms with Crippen LogP contribution in [0.2, 0.25) is 0 Å². The van der Waals surface area contributed by atoms with Gasteiger partial charge in [-0.2, -0.15) is 0 Å². The third-order valence-electron chi connectivity index (χ3n) is 3.14. The number of carbonyl (C=O) groups excluding carboxylic acids is 1. The number of nitrogens with one attached hydrogen (secondary N) is 1. The molecule has 0 radical (unpaired) electrons. The number of thiocarbonyl (C=S) groups is 1. The second kappa shape index (κ2) is 4.84. The molecule has 0 saturated heterocycles. The normalized spacial score (nSPS) is 22.6. The first-order valence-corrected chi connectivity index (χ1v) is 6.18. The van der Waals surface area contributed by atoms with Crippen molar-refractivity contribution in [2.24, 2.45) is 11.7 Å². The van der Waals surface area contributed by atoms with E-state index >= 15 is 0 Å². The largest absolute Gasteiger partial charge is 0.389 e. The number of carbonyl (C=O) groups is 1. The molecule has 2 rings (SSSR count). The van der Waals surface area contributed by atoms with E-state index < -0.39 is 0 Å². The average molecular weight is 248 g/mol. The van der Waals surface area contributed by atoms with Gasteiger partial charge < -0.3 is 11.1 Å². The molecule has 3 nitrogen and oxygen atoms in total. The summed E-state index contributed by atoms with van der Waals surface area (Å²) in [5, 5.41) is 3.01. The third-order valence-corrected chi connectivity index (χ3v) is 3.38. The molecular formula is C13H16N2OS. The fourth-order valence-corrected chi connectivity index (χ4v) is 2.21. The highest BCUT2D eigenvalue weighted by Gasteiger charge is 2.26. The van der Waals surface area contributed by atoms with Gasteiger partial charge in [0.1, 0.15) is 4.99 Å². The molecule has 0 spiro atoms. The smallest absolute Gasteiger partial charge is 0.251 e. The lowest BCUT2D eigenvalue weighted by molar-refractivity contribution is 0.0896. The fourth-order valence-electron chi connectivity index (χ4n) is 2.07. The summed E-state index contributed by atoms with van der Waals surface area (Å²) in [5.41, 5.74) is 6.94. The predicted molar refractivity (Wildman–Crippen MR) is 72.0 cm³/mol. The zero-order valence-electron chi connectivity index (χ0n) is 9.77. The Kier molecular flexibility index (Phi) is 3.43. The van der Waals surface area contributed by atoms with Crippen LogP contribution in [-0.4, -0.2) is 16.9 Å². The number of nitrogens with two attached hydrogens (primary N) is 1. The second-order valence-electron chi connectivity index (χ2n) is 4.69. The Hall–Kier alpha value is -1.42. The third kappa shape index (κ3) is 2.82. The van der Waals surface area contributed by atoms with Gasteiger partial charge in [-0.3, -0.25) is 4.79 Å². The monoisotopic (exact) mass is 248 g/mol. The van der Waals surface area contributed by atoms with Crippen LogP contribution in [0.15, 0.2) is 24.3 Å². The van der Waals surface area contributed by atoms with Crippen molar-refractivity contribution in [2.75, 3.05) is 0 Å². The van der Waals surface area contributed by atoms with E-state index in [9.17, 15) is 4.79 Å². The van der Waals surface area contributed by atoms with Crippen molar-refractivity contribution in [1.82, 2.24) is 5.32 Å². The van der Waals surface area contributed by atoms with Crippen molar-refractivity contribution in [3.05, 3.63) is 35.4 Å². The summed E-state index contributed by atoms with van der Waals surface area (Å²) >= 11 is 4.86. The first-order chi connectivity index (χ1) is 8.06. The molecule has 0 atom stereocenters. The first kappa shape index (κ1) is 12.0. The zero-order chi connectivity index (χ0) is 12.4. The van der Waals surface area contributed by atoms with Crippen LogP contribution >= 0.6 is 12.2 Å². The minimum absolute atomic E-state index is 0.0172. The summed E-state index contributed by atoms with van der Waals surface area (Å²) in [5.74, 6) is 0.716. The Morgan fingerprint density at radius 3 is 2.29 bits per heavy atom. The van der Waals surface area contributed by atoms with Crippen molar-refractivity contribution in [3.63, 3.8) is 0 Å². The van der Waals surface area contributed by atoms with Gasteiger partial charge in [-0.25, -0.2) is 0 Å². The molecule has 3 N–H and O–H groups in total. The van der Waals surface area contributed by atoms with Crippen molar-refractivity contribution < 1.29 is 4.79 Å². The minimum atomic E-state index is -0.0172. The van der Waals surface area contributed by atoms with Gasteiger partial charge >= 0.3 is 0 Å². The number of rotatable bonds is 3. The van der Waals surface area contributed by atoms with Crippen molar-refractivity contribution >= 4 is 23.1 Å². The number of hydrogen-bond acceptors (Lipinski definition) is 2. The molecule has 1 aromatic carbocycles. The van der Waals surface area contributed by atoms with Crippen LogP contribution in [0.4, 0.5) is 0 Å². The summed E-state index contributed by atoms with van der Waals surface area (Å²) in [6.07, 6.45) is 2.16. The van der Waals surface area contributed by atoms with Crippen LogP contribution < -0.4 is 11.1 Å². The topological polar surface area (TPSA) is 55.1 Å². The Morgan fingerprint density at radius 1 is 1.29 bits per heavy atom. The molecule has 0 bridgehead atoms. The number of amides is 1. The van der Waals surface area contributed by atoms with Gasteiger partial charge in [0, 0.05) is 17.2 Å². The van der Waals surface area contributed by atoms with Gasteiger partial charge in [-0.1, -0.05) is 31.3 Å². The van der Waals surface area contributed by atoms with Crippen LogP contribution in [-0.2, 0) is 0 Å². The fraction of sp³-hybridized carbons (Fsp3) is 0.385. The van der Waals surface area contributed by atoms with Gasteiger partial charge in [0.15, 0.2) is 0 Å². The quantitative estimate of drug-likeness (QED) is 0.803. The van der Waals surface area contributed by atoms with E-state index in [1.54, 1.807) is 24.3 Å². The highest BCUT2D eigenvalue weighted by atomic mass is 32.1. The Balaban J connectivity index is 1.97. The second-order valence-corrected chi connectivity index (χ2v) is 5.13. The van der Waals surface area contributed by atoms with E-state index in [1.165, 1.54) is 0 Å². The summed E-state index contributed by atoms with van der Waals surface area (Å²) in [6, 6.07) is 7.41. The van der Waals surface area contributed by atoms with Crippen molar-refractivity contribution in [2.45, 2.75) is 25.8 Å². The summed E-state index contributed by atoms with van der Waals surface area (Å²) in [7, 11) is 0. The first-order valence-electron chi connectivity index (χ1n) is 5.77. The highest BCUT2D eigenvalue weighted by molar-refractivity contribution is 7.80. The highest BCUT2D eigenvalue weighted by Crippen LogP contribution is 2.26. The Morgan fingerprint density at radius 2 is 1.82 bits per heavy atom. The van der Waals surface area contributed by atoms with Gasteiger partial charge in [-0.15, -0.1) is 0 Å². The van der Waals surface area contributed by atoms with Crippen LogP contribution in [0.25, 0.3) is 0 Å². The SMILES string of the molecule is CC1CC(NC(=O)c2ccc(C(N)=S)cc2)C1. The molecule has 0 aliphatic heterocycles. The molecule has 1 saturated carbocycles.